The molecular weight excluding hydrogens is 434 g/mol. The van der Waals surface area contributed by atoms with E-state index in [9.17, 15) is 4.79 Å². The standard InChI is InChI=1S/C23H24ClN3O5/c1-29-18-11-16(12-19(30-2)20(18)31-3)21-25-22(32-26-21)15-7-5-9-27(13-15)23(28)14-6-4-8-17(24)10-14/h4,6,8,10-12,15H,5,7,9,13H2,1-3H3/t15-/m0/s1. The Morgan fingerprint density at radius 3 is 2.53 bits per heavy atom. The van der Waals surface area contributed by atoms with Crippen LogP contribution in [0, 0.1) is 0 Å². The van der Waals surface area contributed by atoms with Gasteiger partial charge in [0.05, 0.1) is 27.2 Å². The normalized spacial score (nSPS) is 16.0. The quantitative estimate of drug-likeness (QED) is 0.540. The number of amides is 1. The highest BCUT2D eigenvalue weighted by molar-refractivity contribution is 6.30. The number of carbonyl (C=O) groups is 1. The minimum atomic E-state index is -0.0541. The number of hydrogen-bond acceptors (Lipinski definition) is 7. The zero-order chi connectivity index (χ0) is 22.7. The number of methoxy groups -OCH3 is 3. The molecule has 0 radical (unpaired) electrons. The van der Waals surface area contributed by atoms with Crippen LogP contribution in [0.2, 0.25) is 5.02 Å². The van der Waals surface area contributed by atoms with Gasteiger partial charge in [-0.05, 0) is 43.2 Å². The van der Waals surface area contributed by atoms with E-state index in [0.717, 1.165) is 12.8 Å². The van der Waals surface area contributed by atoms with Gasteiger partial charge in [0, 0.05) is 29.2 Å². The lowest BCUT2D eigenvalue weighted by molar-refractivity contribution is 0.0695. The summed E-state index contributed by atoms with van der Waals surface area (Å²) in [7, 11) is 4.65. The SMILES string of the molecule is COc1cc(-c2noc([C@H]3CCCN(C(=O)c4cccc(Cl)c4)C3)n2)cc(OC)c1OC. The van der Waals surface area contributed by atoms with Gasteiger partial charge < -0.3 is 23.6 Å². The van der Waals surface area contributed by atoms with Gasteiger partial charge in [-0.2, -0.15) is 4.98 Å². The van der Waals surface area contributed by atoms with E-state index < -0.39 is 0 Å². The van der Waals surface area contributed by atoms with Gasteiger partial charge >= 0.3 is 0 Å². The van der Waals surface area contributed by atoms with Crippen LogP contribution >= 0.6 is 11.6 Å². The number of piperidine rings is 1. The van der Waals surface area contributed by atoms with E-state index in [0.29, 0.717) is 58.2 Å². The van der Waals surface area contributed by atoms with Gasteiger partial charge in [0.25, 0.3) is 5.91 Å². The van der Waals surface area contributed by atoms with E-state index in [1.54, 1.807) is 57.7 Å². The van der Waals surface area contributed by atoms with Crippen LogP contribution in [0.15, 0.2) is 40.9 Å². The Balaban J connectivity index is 1.55. The van der Waals surface area contributed by atoms with Crippen molar-refractivity contribution in [2.45, 2.75) is 18.8 Å². The molecule has 0 unspecified atom stereocenters. The number of nitrogens with zero attached hydrogens (tertiary/aromatic N) is 3. The monoisotopic (exact) mass is 457 g/mol. The largest absolute Gasteiger partial charge is 0.493 e. The maximum absolute atomic E-state index is 12.9. The molecule has 1 aliphatic rings. The first-order valence-corrected chi connectivity index (χ1v) is 10.6. The lowest BCUT2D eigenvalue weighted by atomic mass is 9.97. The van der Waals surface area contributed by atoms with Crippen molar-refractivity contribution in [3.8, 4) is 28.6 Å². The highest BCUT2D eigenvalue weighted by atomic mass is 35.5. The molecule has 32 heavy (non-hydrogen) atoms. The molecule has 1 fully saturated rings. The third-order valence-corrected chi connectivity index (χ3v) is 5.73. The van der Waals surface area contributed by atoms with Crippen molar-refractivity contribution < 1.29 is 23.5 Å². The van der Waals surface area contributed by atoms with E-state index in [1.165, 1.54) is 0 Å². The average Bonchev–Trinajstić information content (AvgIpc) is 3.33. The van der Waals surface area contributed by atoms with Gasteiger partial charge in [-0.25, -0.2) is 0 Å². The molecule has 9 heteroatoms. The molecule has 3 aromatic rings. The second-order valence-electron chi connectivity index (χ2n) is 7.47. The van der Waals surface area contributed by atoms with Crippen molar-refractivity contribution in [1.29, 1.82) is 0 Å². The van der Waals surface area contributed by atoms with Gasteiger partial charge in [-0.1, -0.05) is 22.8 Å². The molecule has 1 aromatic heterocycles. The molecule has 0 saturated carbocycles. The lowest BCUT2D eigenvalue weighted by Gasteiger charge is -2.31. The van der Waals surface area contributed by atoms with E-state index in [2.05, 4.69) is 10.1 Å². The van der Waals surface area contributed by atoms with Crippen LogP contribution in [-0.4, -0.2) is 55.4 Å². The molecule has 0 aliphatic carbocycles. The minimum absolute atomic E-state index is 0.0461. The van der Waals surface area contributed by atoms with Crippen molar-refractivity contribution in [3.05, 3.63) is 52.9 Å². The third-order valence-electron chi connectivity index (χ3n) is 5.49. The molecular formula is C23H24ClN3O5. The maximum atomic E-state index is 12.9. The molecule has 168 valence electrons. The van der Waals surface area contributed by atoms with Crippen LogP contribution in [-0.2, 0) is 0 Å². The fourth-order valence-corrected chi connectivity index (χ4v) is 4.09. The summed E-state index contributed by atoms with van der Waals surface area (Å²) in [4.78, 5) is 19.3. The molecule has 2 aromatic carbocycles. The second kappa shape index (κ2) is 9.48. The third kappa shape index (κ3) is 4.36. The summed E-state index contributed by atoms with van der Waals surface area (Å²) >= 11 is 6.05. The molecule has 8 nitrogen and oxygen atoms in total. The molecule has 1 atom stereocenters. The summed E-state index contributed by atoms with van der Waals surface area (Å²) in [6.07, 6.45) is 1.70. The van der Waals surface area contributed by atoms with E-state index >= 15 is 0 Å². The molecule has 1 aliphatic heterocycles. The lowest BCUT2D eigenvalue weighted by Crippen LogP contribution is -2.39. The zero-order valence-electron chi connectivity index (χ0n) is 18.1. The maximum Gasteiger partial charge on any atom is 0.253 e. The smallest absolute Gasteiger partial charge is 0.253 e. The summed E-state index contributed by atoms with van der Waals surface area (Å²) in [6.45, 7) is 1.18. The van der Waals surface area contributed by atoms with Crippen LogP contribution < -0.4 is 14.2 Å². The highest BCUT2D eigenvalue weighted by Gasteiger charge is 2.29. The van der Waals surface area contributed by atoms with Gasteiger partial charge in [-0.3, -0.25) is 4.79 Å². The van der Waals surface area contributed by atoms with Gasteiger partial charge in [-0.15, -0.1) is 0 Å². The van der Waals surface area contributed by atoms with Gasteiger partial charge in [0.2, 0.25) is 17.5 Å². The number of ether oxygens (including phenoxy) is 3. The van der Waals surface area contributed by atoms with E-state index in [4.69, 9.17) is 30.3 Å². The Bertz CT molecular complexity index is 1090. The average molecular weight is 458 g/mol. The molecule has 0 bridgehead atoms. The summed E-state index contributed by atoms with van der Waals surface area (Å²) in [6, 6.07) is 10.5. The molecule has 1 amide bonds. The first-order valence-electron chi connectivity index (χ1n) is 10.2. The summed E-state index contributed by atoms with van der Waals surface area (Å²) in [5.74, 6) is 2.31. The van der Waals surface area contributed by atoms with Gasteiger partial charge in [0.15, 0.2) is 11.5 Å². The molecule has 4 rings (SSSR count). The zero-order valence-corrected chi connectivity index (χ0v) is 18.9. The van der Waals surface area contributed by atoms with Crippen LogP contribution in [0.25, 0.3) is 11.4 Å². The number of hydrogen-bond donors (Lipinski definition) is 0. The van der Waals surface area contributed by atoms with E-state index in [-0.39, 0.29) is 11.8 Å². The predicted octanol–water partition coefficient (Wildman–Crippen LogP) is 4.44. The van der Waals surface area contributed by atoms with Crippen LogP contribution in [0.1, 0.15) is 35.0 Å². The van der Waals surface area contributed by atoms with Crippen molar-refractivity contribution in [2.75, 3.05) is 34.4 Å². The Labute approximate surface area is 191 Å². The summed E-state index contributed by atoms with van der Waals surface area (Å²) in [5.41, 5.74) is 1.25. The van der Waals surface area contributed by atoms with Gasteiger partial charge in [0.1, 0.15) is 0 Å². The fourth-order valence-electron chi connectivity index (χ4n) is 3.90. The Hall–Kier alpha value is -3.26. The molecule has 2 heterocycles. The predicted molar refractivity (Wildman–Crippen MR) is 119 cm³/mol. The summed E-state index contributed by atoms with van der Waals surface area (Å²) in [5, 5.41) is 4.69. The fraction of sp³-hybridized carbons (Fsp3) is 0.348. The van der Waals surface area contributed by atoms with Crippen LogP contribution in [0.4, 0.5) is 0 Å². The molecule has 0 spiro atoms. The van der Waals surface area contributed by atoms with Crippen molar-refractivity contribution in [1.82, 2.24) is 15.0 Å². The number of likely N-dealkylation sites (tertiary alicyclic amines) is 1. The van der Waals surface area contributed by atoms with Crippen LogP contribution in [0.5, 0.6) is 17.2 Å². The van der Waals surface area contributed by atoms with Crippen molar-refractivity contribution >= 4 is 17.5 Å². The number of halogens is 1. The number of carbonyl (C=O) groups excluding carboxylic acids is 1. The Kier molecular flexibility index (Phi) is 6.50. The topological polar surface area (TPSA) is 86.9 Å². The minimum Gasteiger partial charge on any atom is -0.493 e. The summed E-state index contributed by atoms with van der Waals surface area (Å²) < 4.78 is 21.8. The molecule has 1 saturated heterocycles. The first kappa shape index (κ1) is 22.0. The second-order valence-corrected chi connectivity index (χ2v) is 7.91. The van der Waals surface area contributed by atoms with E-state index in [1.807, 2.05) is 4.90 Å². The van der Waals surface area contributed by atoms with Crippen LogP contribution in [0.3, 0.4) is 0 Å². The number of benzene rings is 2. The Morgan fingerprint density at radius 1 is 1.12 bits per heavy atom. The number of aromatic nitrogens is 2. The highest BCUT2D eigenvalue weighted by Crippen LogP contribution is 2.41. The molecule has 0 N–H and O–H groups in total. The first-order chi connectivity index (χ1) is 15.5. The van der Waals surface area contributed by atoms with Crippen molar-refractivity contribution in [3.63, 3.8) is 0 Å². The Morgan fingerprint density at radius 2 is 1.88 bits per heavy atom. The number of rotatable bonds is 6. The van der Waals surface area contributed by atoms with Crippen molar-refractivity contribution in [2.24, 2.45) is 0 Å².